The SMILES string of the molecule is c1cc(-c2ncccc2-c2ccncc2)cc(-n2c3ccccc3c3ccc(-c4nc5ccccc5o4)cc32)c1. The number of aromatic nitrogens is 4. The summed E-state index contributed by atoms with van der Waals surface area (Å²) >= 11 is 0. The summed E-state index contributed by atoms with van der Waals surface area (Å²) in [5, 5.41) is 2.37. The van der Waals surface area contributed by atoms with Crippen LogP contribution in [0.25, 0.3) is 72.4 Å². The number of rotatable bonds is 4. The minimum atomic E-state index is 0.615. The Hall–Kier alpha value is -5.55. The first-order chi connectivity index (χ1) is 19.8. The smallest absolute Gasteiger partial charge is 0.227 e. The summed E-state index contributed by atoms with van der Waals surface area (Å²) in [5.74, 6) is 0.615. The first-order valence-corrected chi connectivity index (χ1v) is 13.2. The third-order valence-corrected chi connectivity index (χ3v) is 7.39. The molecule has 0 aliphatic heterocycles. The monoisotopic (exact) mass is 514 g/mol. The number of hydrogen-bond acceptors (Lipinski definition) is 4. The van der Waals surface area contributed by atoms with E-state index in [1.54, 1.807) is 0 Å². The highest BCUT2D eigenvalue weighted by atomic mass is 16.3. The summed E-state index contributed by atoms with van der Waals surface area (Å²) in [6.07, 6.45) is 5.48. The van der Waals surface area contributed by atoms with Crippen molar-refractivity contribution in [3.8, 4) is 39.5 Å². The second-order valence-corrected chi connectivity index (χ2v) is 9.76. The van der Waals surface area contributed by atoms with Gasteiger partial charge in [0.1, 0.15) is 5.52 Å². The van der Waals surface area contributed by atoms with Crippen molar-refractivity contribution in [2.45, 2.75) is 0 Å². The first-order valence-electron chi connectivity index (χ1n) is 13.2. The fraction of sp³-hybridized carbons (Fsp3) is 0. The zero-order valence-electron chi connectivity index (χ0n) is 21.4. The van der Waals surface area contributed by atoms with E-state index in [4.69, 9.17) is 14.4 Å². The van der Waals surface area contributed by atoms with Gasteiger partial charge in [0.05, 0.1) is 16.7 Å². The maximum atomic E-state index is 6.12. The van der Waals surface area contributed by atoms with Crippen LogP contribution in [-0.4, -0.2) is 19.5 Å². The molecule has 0 saturated heterocycles. The minimum Gasteiger partial charge on any atom is -0.436 e. The Bertz CT molecular complexity index is 2140. The second kappa shape index (κ2) is 9.03. The minimum absolute atomic E-state index is 0.615. The highest BCUT2D eigenvalue weighted by molar-refractivity contribution is 6.10. The Labute approximate surface area is 230 Å². The van der Waals surface area contributed by atoms with Gasteiger partial charge in [0.2, 0.25) is 5.89 Å². The fourth-order valence-corrected chi connectivity index (χ4v) is 5.57. The lowest BCUT2D eigenvalue weighted by Crippen LogP contribution is -1.96. The van der Waals surface area contributed by atoms with Gasteiger partial charge in [-0.3, -0.25) is 9.97 Å². The number of benzene rings is 4. The van der Waals surface area contributed by atoms with Gasteiger partial charge in [0.15, 0.2) is 5.58 Å². The summed E-state index contributed by atoms with van der Waals surface area (Å²) in [6.45, 7) is 0. The summed E-state index contributed by atoms with van der Waals surface area (Å²) in [6, 6.07) is 39.5. The van der Waals surface area contributed by atoms with Crippen LogP contribution in [0.15, 0.2) is 138 Å². The zero-order valence-corrected chi connectivity index (χ0v) is 21.4. The molecule has 0 aliphatic carbocycles. The zero-order chi connectivity index (χ0) is 26.5. The summed E-state index contributed by atoms with van der Waals surface area (Å²) < 4.78 is 8.44. The van der Waals surface area contributed by atoms with E-state index in [0.29, 0.717) is 5.89 Å². The summed E-state index contributed by atoms with van der Waals surface area (Å²) in [7, 11) is 0. The van der Waals surface area contributed by atoms with Gasteiger partial charge >= 0.3 is 0 Å². The average Bonchev–Trinajstić information content (AvgIpc) is 3.61. The van der Waals surface area contributed by atoms with Crippen LogP contribution in [0.2, 0.25) is 0 Å². The van der Waals surface area contributed by atoms with Gasteiger partial charge in [-0.15, -0.1) is 0 Å². The molecule has 4 aromatic carbocycles. The van der Waals surface area contributed by atoms with Crippen LogP contribution in [-0.2, 0) is 0 Å². The molecule has 0 fully saturated rings. The molecule has 0 saturated carbocycles. The number of hydrogen-bond donors (Lipinski definition) is 0. The number of oxazole rings is 1. The molecule has 4 heterocycles. The third-order valence-electron chi connectivity index (χ3n) is 7.39. The molecule has 0 N–H and O–H groups in total. The van der Waals surface area contributed by atoms with E-state index in [0.717, 1.165) is 55.8 Å². The highest BCUT2D eigenvalue weighted by Gasteiger charge is 2.16. The maximum absolute atomic E-state index is 6.12. The number of pyridine rings is 2. The van der Waals surface area contributed by atoms with Crippen molar-refractivity contribution < 1.29 is 4.42 Å². The van der Waals surface area contributed by atoms with Crippen molar-refractivity contribution in [3.05, 3.63) is 134 Å². The normalized spacial score (nSPS) is 11.5. The number of nitrogens with zero attached hydrogens (tertiary/aromatic N) is 4. The van der Waals surface area contributed by atoms with Crippen LogP contribution in [0, 0.1) is 0 Å². The molecule has 0 spiro atoms. The second-order valence-electron chi connectivity index (χ2n) is 9.76. The van der Waals surface area contributed by atoms with E-state index in [1.807, 2.05) is 61.1 Å². The van der Waals surface area contributed by atoms with Crippen molar-refractivity contribution in [3.63, 3.8) is 0 Å². The Morgan fingerprint density at radius 3 is 2.35 bits per heavy atom. The topological polar surface area (TPSA) is 56.7 Å². The van der Waals surface area contributed by atoms with Gasteiger partial charge in [-0.1, -0.05) is 54.6 Å². The molecular formula is C35H22N4O. The van der Waals surface area contributed by atoms with Gasteiger partial charge in [-0.05, 0) is 66.2 Å². The van der Waals surface area contributed by atoms with Crippen LogP contribution in [0.4, 0.5) is 0 Å². The van der Waals surface area contributed by atoms with E-state index in [1.165, 1.54) is 10.8 Å². The predicted molar refractivity (Wildman–Crippen MR) is 160 cm³/mol. The van der Waals surface area contributed by atoms with Crippen molar-refractivity contribution in [2.75, 3.05) is 0 Å². The maximum Gasteiger partial charge on any atom is 0.227 e. The molecule has 0 radical (unpaired) electrons. The standard InChI is InChI=1S/C35H22N4O/c1-3-12-31-28(9-1)29-15-14-25(35-38-30-11-2-4-13-33(30)40-35)22-32(29)39(31)26-8-5-7-24(21-26)34-27(10-6-18-37-34)23-16-19-36-20-17-23/h1-22H. The molecule has 0 bridgehead atoms. The van der Waals surface area contributed by atoms with Gasteiger partial charge in [0, 0.05) is 51.7 Å². The highest BCUT2D eigenvalue weighted by Crippen LogP contribution is 2.37. The third kappa shape index (κ3) is 3.60. The Morgan fingerprint density at radius 2 is 1.43 bits per heavy atom. The van der Waals surface area contributed by atoms with Crippen molar-refractivity contribution in [2.24, 2.45) is 0 Å². The van der Waals surface area contributed by atoms with Gasteiger partial charge in [-0.25, -0.2) is 4.98 Å². The average molecular weight is 515 g/mol. The largest absolute Gasteiger partial charge is 0.436 e. The molecule has 8 aromatic rings. The van der Waals surface area contributed by atoms with Gasteiger partial charge in [-0.2, -0.15) is 0 Å². The van der Waals surface area contributed by atoms with Crippen LogP contribution >= 0.6 is 0 Å². The molecule has 0 atom stereocenters. The molecule has 188 valence electrons. The predicted octanol–water partition coefficient (Wildman–Crippen LogP) is 8.72. The Balaban J connectivity index is 1.34. The first kappa shape index (κ1) is 22.4. The van der Waals surface area contributed by atoms with Crippen molar-refractivity contribution in [1.29, 1.82) is 0 Å². The molecule has 5 nitrogen and oxygen atoms in total. The van der Waals surface area contributed by atoms with Gasteiger partial charge < -0.3 is 8.98 Å². The Kier molecular flexibility index (Phi) is 5.07. The lowest BCUT2D eigenvalue weighted by Gasteiger charge is -2.12. The lowest BCUT2D eigenvalue weighted by atomic mass is 10.00. The van der Waals surface area contributed by atoms with Crippen molar-refractivity contribution >= 4 is 32.9 Å². The molecule has 40 heavy (non-hydrogen) atoms. The number of fused-ring (bicyclic) bond motifs is 4. The van der Waals surface area contributed by atoms with Crippen LogP contribution in [0.1, 0.15) is 0 Å². The molecule has 8 rings (SSSR count). The fourth-order valence-electron chi connectivity index (χ4n) is 5.57. The molecule has 0 amide bonds. The summed E-state index contributed by atoms with van der Waals surface area (Å²) in [4.78, 5) is 13.7. The van der Waals surface area contributed by atoms with Crippen LogP contribution in [0.3, 0.4) is 0 Å². The van der Waals surface area contributed by atoms with Crippen LogP contribution < -0.4 is 0 Å². The Morgan fingerprint density at radius 1 is 0.575 bits per heavy atom. The number of para-hydroxylation sites is 3. The van der Waals surface area contributed by atoms with Crippen LogP contribution in [0.5, 0.6) is 0 Å². The molecule has 0 unspecified atom stereocenters. The van der Waals surface area contributed by atoms with E-state index < -0.39 is 0 Å². The lowest BCUT2D eigenvalue weighted by molar-refractivity contribution is 0.620. The van der Waals surface area contributed by atoms with E-state index in [9.17, 15) is 0 Å². The van der Waals surface area contributed by atoms with E-state index >= 15 is 0 Å². The van der Waals surface area contributed by atoms with E-state index in [2.05, 4.69) is 82.3 Å². The van der Waals surface area contributed by atoms with Gasteiger partial charge in [0.25, 0.3) is 0 Å². The summed E-state index contributed by atoms with van der Waals surface area (Å²) in [5.41, 5.74) is 10.0. The molecule has 4 aromatic heterocycles. The van der Waals surface area contributed by atoms with Crippen molar-refractivity contribution in [1.82, 2.24) is 19.5 Å². The molecule has 5 heteroatoms. The quantitative estimate of drug-likeness (QED) is 0.236. The molecule has 0 aliphatic rings. The molecular weight excluding hydrogens is 492 g/mol. The van der Waals surface area contributed by atoms with E-state index in [-0.39, 0.29) is 0 Å².